The van der Waals surface area contributed by atoms with Crippen molar-refractivity contribution < 1.29 is 14.3 Å². The summed E-state index contributed by atoms with van der Waals surface area (Å²) in [5, 5.41) is 11.0. The van der Waals surface area contributed by atoms with Crippen LogP contribution in [0.2, 0.25) is 0 Å². The lowest BCUT2D eigenvalue weighted by Gasteiger charge is -2.29. The minimum atomic E-state index is -0.695. The van der Waals surface area contributed by atoms with Gasteiger partial charge in [-0.05, 0) is 5.56 Å². The number of ketones is 1. The van der Waals surface area contributed by atoms with E-state index in [1.54, 1.807) is 17.3 Å². The molecule has 0 bridgehead atoms. The summed E-state index contributed by atoms with van der Waals surface area (Å²) in [4.78, 5) is 37.3. The number of Topliss-reactive ketones (excluding diaryl/α,β-unsaturated/α-hetero) is 1. The minimum Gasteiger partial charge on any atom is -0.495 e. The fourth-order valence-corrected chi connectivity index (χ4v) is 4.78. The maximum Gasteiger partial charge on any atom is 0.291 e. The second kappa shape index (κ2) is 8.35. The maximum atomic E-state index is 13.4. The first-order valence-electron chi connectivity index (χ1n) is 11.3. The van der Waals surface area contributed by atoms with Crippen molar-refractivity contribution in [2.75, 3.05) is 25.5 Å². The quantitative estimate of drug-likeness (QED) is 0.437. The number of benzene rings is 1. The number of hydrogen-bond donors (Lipinski definition) is 1. The lowest BCUT2D eigenvalue weighted by Crippen LogP contribution is -2.43. The third-order valence-corrected chi connectivity index (χ3v) is 6.50. The molecule has 0 saturated heterocycles. The highest BCUT2D eigenvalue weighted by Crippen LogP contribution is 2.41. The van der Waals surface area contributed by atoms with Crippen LogP contribution in [-0.4, -0.2) is 66.3 Å². The topological polar surface area (TPSA) is 120 Å². The summed E-state index contributed by atoms with van der Waals surface area (Å²) in [5.41, 5.74) is 3.30. The number of nitrogens with zero attached hydrogens (tertiary/aromatic N) is 7. The molecule has 6 rings (SSSR count). The largest absolute Gasteiger partial charge is 0.495 e. The number of amides is 1. The zero-order chi connectivity index (χ0) is 23.9. The Morgan fingerprint density at radius 3 is 2.74 bits per heavy atom. The number of nitrogens with one attached hydrogen (secondary N) is 1. The third kappa shape index (κ3) is 3.43. The summed E-state index contributed by atoms with van der Waals surface area (Å²) in [6.07, 6.45) is 6.57. The number of anilines is 1. The van der Waals surface area contributed by atoms with E-state index in [0.717, 1.165) is 17.1 Å². The number of carbonyl (C=O) groups is 2. The van der Waals surface area contributed by atoms with Gasteiger partial charge in [0.2, 0.25) is 5.78 Å². The Morgan fingerprint density at radius 2 is 1.97 bits per heavy atom. The number of fused-ring (bicyclic) bond motifs is 2. The number of ether oxygens (including phenoxy) is 1. The Labute approximate surface area is 200 Å². The van der Waals surface area contributed by atoms with Crippen molar-refractivity contribution in [1.29, 1.82) is 0 Å². The number of methoxy groups -OCH3 is 1. The molecule has 5 heterocycles. The Kier molecular flexibility index (Phi) is 5.02. The third-order valence-electron chi connectivity index (χ3n) is 6.50. The Balaban J connectivity index is 1.26. The molecular formula is C24H22N8O3. The molecule has 1 N–H and O–H groups in total. The van der Waals surface area contributed by atoms with Gasteiger partial charge in [0.05, 0.1) is 55.7 Å². The van der Waals surface area contributed by atoms with E-state index < -0.39 is 17.6 Å². The van der Waals surface area contributed by atoms with Gasteiger partial charge in [-0.1, -0.05) is 35.5 Å². The highest BCUT2D eigenvalue weighted by atomic mass is 16.5. The molecule has 2 aliphatic heterocycles. The van der Waals surface area contributed by atoms with Gasteiger partial charge in [-0.3, -0.25) is 9.59 Å². The number of aromatic nitrogens is 6. The predicted octanol–water partition coefficient (Wildman–Crippen LogP) is 1.65. The Bertz CT molecular complexity index is 1410. The smallest absolute Gasteiger partial charge is 0.291 e. The molecule has 0 fully saturated rings. The van der Waals surface area contributed by atoms with Crippen molar-refractivity contribution in [3.8, 4) is 22.8 Å². The Morgan fingerprint density at radius 1 is 1.11 bits per heavy atom. The second-order valence-corrected chi connectivity index (χ2v) is 8.39. The standard InChI is InChI=1S/C24H22N8O3/c1-35-18-13-27-23(32-8-7-28-29-32)21-20(18)16(11-26-21)22(33)24(34)30-9-10-31-17(12-25-19(31)14-30)15-5-3-2-4-6-15/h2-8,12-13,16,26H,9-11,14H2,1H3. The van der Waals surface area contributed by atoms with E-state index in [4.69, 9.17) is 4.74 Å². The zero-order valence-corrected chi connectivity index (χ0v) is 19.0. The highest BCUT2D eigenvalue weighted by Gasteiger charge is 2.40. The van der Waals surface area contributed by atoms with E-state index in [2.05, 4.69) is 30.2 Å². The van der Waals surface area contributed by atoms with Crippen molar-refractivity contribution in [3.05, 3.63) is 66.5 Å². The number of hydrogen-bond acceptors (Lipinski definition) is 8. The van der Waals surface area contributed by atoms with Gasteiger partial charge in [0.25, 0.3) is 5.91 Å². The van der Waals surface area contributed by atoms with Crippen LogP contribution in [0.5, 0.6) is 5.75 Å². The highest BCUT2D eigenvalue weighted by molar-refractivity contribution is 6.38. The van der Waals surface area contributed by atoms with Crippen molar-refractivity contribution in [3.63, 3.8) is 0 Å². The number of carbonyl (C=O) groups excluding carboxylic acids is 2. The molecule has 1 amide bonds. The molecule has 0 saturated carbocycles. The van der Waals surface area contributed by atoms with E-state index in [0.29, 0.717) is 35.9 Å². The lowest BCUT2D eigenvalue weighted by atomic mass is 9.95. The molecule has 1 unspecified atom stereocenters. The molecule has 35 heavy (non-hydrogen) atoms. The summed E-state index contributed by atoms with van der Waals surface area (Å²) in [6.45, 7) is 1.55. The average molecular weight is 470 g/mol. The molecule has 0 spiro atoms. The van der Waals surface area contributed by atoms with E-state index in [9.17, 15) is 9.59 Å². The molecule has 11 nitrogen and oxygen atoms in total. The molecule has 4 aromatic rings. The van der Waals surface area contributed by atoms with E-state index in [1.807, 2.05) is 36.5 Å². The second-order valence-electron chi connectivity index (χ2n) is 8.39. The van der Waals surface area contributed by atoms with Crippen LogP contribution in [0, 0.1) is 0 Å². The molecular weight excluding hydrogens is 448 g/mol. The van der Waals surface area contributed by atoms with Gasteiger partial charge < -0.3 is 19.5 Å². The van der Waals surface area contributed by atoms with Gasteiger partial charge in [0.1, 0.15) is 11.6 Å². The fraction of sp³-hybridized carbons (Fsp3) is 0.250. The average Bonchev–Trinajstić information content (AvgIpc) is 3.67. The summed E-state index contributed by atoms with van der Waals surface area (Å²) >= 11 is 0. The van der Waals surface area contributed by atoms with Crippen LogP contribution in [0.4, 0.5) is 5.69 Å². The minimum absolute atomic E-state index is 0.268. The normalized spacial score (nSPS) is 16.4. The fourth-order valence-electron chi connectivity index (χ4n) is 4.78. The first kappa shape index (κ1) is 21.0. The van der Waals surface area contributed by atoms with Crippen LogP contribution >= 0.6 is 0 Å². The van der Waals surface area contributed by atoms with Gasteiger partial charge >= 0.3 is 0 Å². The number of pyridine rings is 1. The molecule has 0 aliphatic carbocycles. The predicted molar refractivity (Wildman–Crippen MR) is 125 cm³/mol. The molecule has 11 heteroatoms. The molecule has 176 valence electrons. The van der Waals surface area contributed by atoms with Crippen LogP contribution in [0.3, 0.4) is 0 Å². The van der Waals surface area contributed by atoms with Crippen LogP contribution < -0.4 is 10.1 Å². The first-order chi connectivity index (χ1) is 17.2. The lowest BCUT2D eigenvalue weighted by molar-refractivity contribution is -0.146. The monoisotopic (exact) mass is 470 g/mol. The molecule has 3 aromatic heterocycles. The van der Waals surface area contributed by atoms with Crippen molar-refractivity contribution >= 4 is 17.4 Å². The zero-order valence-electron chi connectivity index (χ0n) is 19.0. The summed E-state index contributed by atoms with van der Waals surface area (Å²) in [6, 6.07) is 10.0. The SMILES string of the molecule is COc1cnc(-n2ccnn2)c2c1C(C(=O)C(=O)N1CCn3c(-c4ccccc4)cnc3C1)CN2. The van der Waals surface area contributed by atoms with Gasteiger partial charge in [0.15, 0.2) is 5.82 Å². The van der Waals surface area contributed by atoms with Gasteiger partial charge in [-0.25, -0.2) is 14.6 Å². The van der Waals surface area contributed by atoms with Crippen LogP contribution in [0.25, 0.3) is 17.1 Å². The van der Waals surface area contributed by atoms with Crippen molar-refractivity contribution in [1.82, 2.24) is 34.4 Å². The van der Waals surface area contributed by atoms with E-state index in [-0.39, 0.29) is 13.1 Å². The van der Waals surface area contributed by atoms with Crippen molar-refractivity contribution in [2.45, 2.75) is 19.0 Å². The Hall–Kier alpha value is -4.54. The molecule has 2 aliphatic rings. The van der Waals surface area contributed by atoms with E-state index >= 15 is 0 Å². The van der Waals surface area contributed by atoms with Gasteiger partial charge in [0, 0.05) is 25.2 Å². The van der Waals surface area contributed by atoms with Crippen LogP contribution in [-0.2, 0) is 22.7 Å². The number of rotatable bonds is 5. The van der Waals surface area contributed by atoms with Gasteiger partial charge in [-0.2, -0.15) is 0 Å². The number of imidazole rings is 1. The van der Waals surface area contributed by atoms with Crippen LogP contribution in [0.1, 0.15) is 17.3 Å². The molecule has 1 aromatic carbocycles. The summed E-state index contributed by atoms with van der Waals surface area (Å²) in [7, 11) is 1.52. The molecule has 1 atom stereocenters. The van der Waals surface area contributed by atoms with Crippen molar-refractivity contribution in [2.24, 2.45) is 0 Å². The van der Waals surface area contributed by atoms with Gasteiger partial charge in [-0.15, -0.1) is 5.10 Å². The maximum absolute atomic E-state index is 13.4. The summed E-state index contributed by atoms with van der Waals surface area (Å²) in [5.74, 6) is -0.0122. The molecule has 0 radical (unpaired) electrons. The van der Waals surface area contributed by atoms with E-state index in [1.165, 1.54) is 18.0 Å². The summed E-state index contributed by atoms with van der Waals surface area (Å²) < 4.78 is 9.10. The first-order valence-corrected chi connectivity index (χ1v) is 11.3. The van der Waals surface area contributed by atoms with Crippen LogP contribution in [0.15, 0.2) is 55.1 Å².